The molecule has 0 saturated carbocycles. The average Bonchev–Trinajstić information content (AvgIpc) is 2.39. The van der Waals surface area contributed by atoms with Crippen molar-refractivity contribution in [2.75, 3.05) is 13.6 Å². The van der Waals surface area contributed by atoms with Crippen molar-refractivity contribution < 1.29 is 14.7 Å². The largest absolute Gasteiger partial charge is 0.481 e. The lowest BCUT2D eigenvalue weighted by Gasteiger charge is -2.30. The van der Waals surface area contributed by atoms with Crippen LogP contribution in [0, 0.1) is 5.41 Å². The highest BCUT2D eigenvalue weighted by Crippen LogP contribution is 2.25. The Morgan fingerprint density at radius 1 is 1.26 bits per heavy atom. The molecule has 1 unspecified atom stereocenters. The van der Waals surface area contributed by atoms with Crippen molar-refractivity contribution >= 4 is 12.0 Å². The summed E-state index contributed by atoms with van der Waals surface area (Å²) in [4.78, 5) is 25.0. The summed E-state index contributed by atoms with van der Waals surface area (Å²) in [5.41, 5.74) is -0.857. The van der Waals surface area contributed by atoms with Crippen molar-refractivity contribution in [2.45, 2.75) is 59.4 Å². The molecule has 5 nitrogen and oxygen atoms in total. The first-order chi connectivity index (χ1) is 8.84. The van der Waals surface area contributed by atoms with Gasteiger partial charge < -0.3 is 15.3 Å². The van der Waals surface area contributed by atoms with Crippen molar-refractivity contribution in [1.29, 1.82) is 0 Å². The number of rotatable bonds is 8. The van der Waals surface area contributed by atoms with Gasteiger partial charge in [-0.15, -0.1) is 0 Å². The number of carboxylic acid groups (broad SMARTS) is 1. The van der Waals surface area contributed by atoms with E-state index in [-0.39, 0.29) is 18.6 Å². The standard InChI is InChI=1S/C14H28N2O3/c1-6-9-11(4)16(5)13(19)15-10-14(7-2,8-3)12(17)18/h11H,6-10H2,1-5H3,(H,15,19)(H,17,18). The van der Waals surface area contributed by atoms with Crippen molar-refractivity contribution in [2.24, 2.45) is 5.41 Å². The Labute approximate surface area is 116 Å². The molecule has 0 fully saturated rings. The SMILES string of the molecule is CCCC(C)N(C)C(=O)NCC(CC)(CC)C(=O)O. The van der Waals surface area contributed by atoms with Gasteiger partial charge in [-0.1, -0.05) is 27.2 Å². The van der Waals surface area contributed by atoms with Crippen LogP contribution in [-0.2, 0) is 4.79 Å². The summed E-state index contributed by atoms with van der Waals surface area (Å²) in [5, 5.41) is 12.1. The van der Waals surface area contributed by atoms with Crippen LogP contribution >= 0.6 is 0 Å². The van der Waals surface area contributed by atoms with Crippen molar-refractivity contribution in [3.8, 4) is 0 Å². The minimum absolute atomic E-state index is 0.160. The number of hydrogen-bond donors (Lipinski definition) is 2. The van der Waals surface area contributed by atoms with Gasteiger partial charge >= 0.3 is 12.0 Å². The van der Waals surface area contributed by atoms with Crippen LogP contribution in [0.25, 0.3) is 0 Å². The van der Waals surface area contributed by atoms with E-state index in [0.717, 1.165) is 12.8 Å². The summed E-state index contributed by atoms with van der Waals surface area (Å²) in [6.07, 6.45) is 2.97. The van der Waals surface area contributed by atoms with Crippen LogP contribution in [0.3, 0.4) is 0 Å². The van der Waals surface area contributed by atoms with E-state index in [1.54, 1.807) is 11.9 Å². The van der Waals surface area contributed by atoms with Gasteiger partial charge in [-0.3, -0.25) is 4.79 Å². The Bertz CT molecular complexity index is 301. The fourth-order valence-electron chi connectivity index (χ4n) is 2.06. The van der Waals surface area contributed by atoms with E-state index in [0.29, 0.717) is 12.8 Å². The minimum atomic E-state index is -0.857. The highest BCUT2D eigenvalue weighted by molar-refractivity contribution is 5.78. The maximum atomic E-state index is 12.0. The van der Waals surface area contributed by atoms with E-state index in [2.05, 4.69) is 12.2 Å². The molecule has 0 aliphatic rings. The van der Waals surface area contributed by atoms with Crippen LogP contribution < -0.4 is 5.32 Å². The van der Waals surface area contributed by atoms with E-state index in [4.69, 9.17) is 0 Å². The zero-order valence-corrected chi connectivity index (χ0v) is 12.8. The molecule has 0 rings (SSSR count). The molecule has 0 aliphatic heterocycles. The maximum Gasteiger partial charge on any atom is 0.317 e. The van der Waals surface area contributed by atoms with Crippen molar-refractivity contribution in [1.82, 2.24) is 10.2 Å². The molecule has 5 heteroatoms. The fourth-order valence-corrected chi connectivity index (χ4v) is 2.06. The zero-order valence-electron chi connectivity index (χ0n) is 12.8. The van der Waals surface area contributed by atoms with E-state index < -0.39 is 11.4 Å². The monoisotopic (exact) mass is 272 g/mol. The third-order valence-corrected chi connectivity index (χ3v) is 4.07. The number of carbonyl (C=O) groups is 2. The Balaban J connectivity index is 4.53. The van der Waals surface area contributed by atoms with Gasteiger partial charge in [0.25, 0.3) is 0 Å². The van der Waals surface area contributed by atoms with Crippen LogP contribution in [0.2, 0.25) is 0 Å². The Hall–Kier alpha value is -1.26. The second-order valence-electron chi connectivity index (χ2n) is 5.20. The van der Waals surface area contributed by atoms with Gasteiger partial charge in [-0.05, 0) is 26.2 Å². The van der Waals surface area contributed by atoms with E-state index >= 15 is 0 Å². The van der Waals surface area contributed by atoms with Crippen LogP contribution in [-0.4, -0.2) is 41.6 Å². The lowest BCUT2D eigenvalue weighted by Crippen LogP contribution is -2.48. The van der Waals surface area contributed by atoms with Crippen LogP contribution in [0.1, 0.15) is 53.4 Å². The summed E-state index contributed by atoms with van der Waals surface area (Å²) in [7, 11) is 1.75. The third kappa shape index (κ3) is 4.73. The fraction of sp³-hybridized carbons (Fsp3) is 0.857. The molecule has 0 aromatic carbocycles. The maximum absolute atomic E-state index is 12.0. The second-order valence-corrected chi connectivity index (χ2v) is 5.20. The molecule has 0 aromatic heterocycles. The van der Waals surface area contributed by atoms with E-state index in [9.17, 15) is 14.7 Å². The third-order valence-electron chi connectivity index (χ3n) is 4.07. The predicted octanol–water partition coefficient (Wildman–Crippen LogP) is 2.71. The van der Waals surface area contributed by atoms with Crippen molar-refractivity contribution in [3.63, 3.8) is 0 Å². The van der Waals surface area contributed by atoms with Gasteiger partial charge in [-0.2, -0.15) is 0 Å². The van der Waals surface area contributed by atoms with Crippen LogP contribution in [0.15, 0.2) is 0 Å². The Morgan fingerprint density at radius 3 is 2.16 bits per heavy atom. The van der Waals surface area contributed by atoms with Crippen LogP contribution in [0.5, 0.6) is 0 Å². The normalized spacial score (nSPS) is 12.9. The highest BCUT2D eigenvalue weighted by Gasteiger charge is 2.35. The van der Waals surface area contributed by atoms with Gasteiger partial charge in [0.15, 0.2) is 0 Å². The second kappa shape index (κ2) is 8.02. The van der Waals surface area contributed by atoms with E-state index in [1.165, 1.54) is 0 Å². The number of nitrogens with zero attached hydrogens (tertiary/aromatic N) is 1. The summed E-state index contributed by atoms with van der Waals surface area (Å²) >= 11 is 0. The molecule has 0 saturated heterocycles. The lowest BCUT2D eigenvalue weighted by molar-refractivity contribution is -0.149. The molecule has 0 spiro atoms. The smallest absolute Gasteiger partial charge is 0.317 e. The molecule has 2 N–H and O–H groups in total. The molecule has 0 heterocycles. The number of amides is 2. The lowest BCUT2D eigenvalue weighted by atomic mass is 9.82. The minimum Gasteiger partial charge on any atom is -0.481 e. The number of nitrogens with one attached hydrogen (secondary N) is 1. The van der Waals surface area contributed by atoms with Gasteiger partial charge in [-0.25, -0.2) is 4.79 Å². The highest BCUT2D eigenvalue weighted by atomic mass is 16.4. The molecule has 0 aliphatic carbocycles. The summed E-state index contributed by atoms with van der Waals surface area (Å²) in [5.74, 6) is -0.845. The molecule has 19 heavy (non-hydrogen) atoms. The number of aliphatic carboxylic acids is 1. The van der Waals surface area contributed by atoms with Gasteiger partial charge in [0.05, 0.1) is 5.41 Å². The molecule has 112 valence electrons. The quantitative estimate of drug-likeness (QED) is 0.713. The molecular formula is C14H28N2O3. The molecule has 1 atom stereocenters. The molecule has 0 bridgehead atoms. The van der Waals surface area contributed by atoms with Gasteiger partial charge in [0.1, 0.15) is 0 Å². The van der Waals surface area contributed by atoms with Gasteiger partial charge in [0.2, 0.25) is 0 Å². The number of carboxylic acids is 1. The van der Waals surface area contributed by atoms with Crippen LogP contribution in [0.4, 0.5) is 4.79 Å². The Morgan fingerprint density at radius 2 is 1.79 bits per heavy atom. The predicted molar refractivity (Wildman–Crippen MR) is 76.2 cm³/mol. The topological polar surface area (TPSA) is 69.6 Å². The molecular weight excluding hydrogens is 244 g/mol. The zero-order chi connectivity index (χ0) is 15.1. The summed E-state index contributed by atoms with van der Waals surface area (Å²) in [6.45, 7) is 7.93. The Kier molecular flexibility index (Phi) is 7.49. The van der Waals surface area contributed by atoms with E-state index in [1.807, 2.05) is 20.8 Å². The first kappa shape index (κ1) is 17.7. The molecule has 2 amide bonds. The molecule has 0 radical (unpaired) electrons. The van der Waals surface area contributed by atoms with Crippen molar-refractivity contribution in [3.05, 3.63) is 0 Å². The summed E-state index contributed by atoms with van der Waals surface area (Å²) in [6, 6.07) is -0.0408. The van der Waals surface area contributed by atoms with Gasteiger partial charge in [0, 0.05) is 19.6 Å². The number of carbonyl (C=O) groups excluding carboxylic acids is 1. The first-order valence-electron chi connectivity index (χ1n) is 7.08. The summed E-state index contributed by atoms with van der Waals surface area (Å²) < 4.78 is 0. The average molecular weight is 272 g/mol. The first-order valence-corrected chi connectivity index (χ1v) is 7.08. The number of hydrogen-bond acceptors (Lipinski definition) is 2. The molecule has 0 aromatic rings. The number of urea groups is 1.